The van der Waals surface area contributed by atoms with Crippen LogP contribution in [0, 0.1) is 0 Å². The third-order valence-electron chi connectivity index (χ3n) is 1.27. The molecular formula is C9H16O2. The highest BCUT2D eigenvalue weighted by molar-refractivity contribution is 5.87. The summed E-state index contributed by atoms with van der Waals surface area (Å²) in [6.45, 7) is 6.28. The standard InChI is InChI=1S/C9H16O2/c1-4-6-8(3)9(10)11-7-5-2/h6H,4-5,7H2,1-3H3/b8-6+. The number of carbonyl (C=O) groups excluding carboxylic acids is 1. The number of ether oxygens (including phenoxy) is 1. The van der Waals surface area contributed by atoms with Crippen LogP contribution in [0.5, 0.6) is 0 Å². The van der Waals surface area contributed by atoms with Gasteiger partial charge in [-0.3, -0.25) is 0 Å². The lowest BCUT2D eigenvalue weighted by Crippen LogP contribution is -2.06. The van der Waals surface area contributed by atoms with Gasteiger partial charge in [-0.25, -0.2) is 4.79 Å². The number of carbonyl (C=O) groups is 1. The van der Waals surface area contributed by atoms with Crippen molar-refractivity contribution in [2.24, 2.45) is 0 Å². The number of rotatable bonds is 4. The Morgan fingerprint density at radius 2 is 2.09 bits per heavy atom. The largest absolute Gasteiger partial charge is 0.462 e. The smallest absolute Gasteiger partial charge is 0.333 e. The van der Waals surface area contributed by atoms with E-state index in [1.165, 1.54) is 0 Å². The Labute approximate surface area is 68.2 Å². The molecule has 0 heterocycles. The molecule has 64 valence electrons. The first-order chi connectivity index (χ1) is 5.22. The minimum absolute atomic E-state index is 0.186. The number of hydrogen-bond donors (Lipinski definition) is 0. The third kappa shape index (κ3) is 4.59. The number of esters is 1. The Morgan fingerprint density at radius 3 is 2.55 bits per heavy atom. The van der Waals surface area contributed by atoms with Crippen LogP contribution >= 0.6 is 0 Å². The summed E-state index contributed by atoms with van der Waals surface area (Å²) < 4.78 is 4.90. The van der Waals surface area contributed by atoms with E-state index in [4.69, 9.17) is 4.74 Å². The molecule has 0 aliphatic rings. The molecule has 0 N–H and O–H groups in total. The monoisotopic (exact) mass is 156 g/mol. The molecule has 0 unspecified atom stereocenters. The van der Waals surface area contributed by atoms with E-state index in [9.17, 15) is 4.79 Å². The van der Waals surface area contributed by atoms with Crippen LogP contribution in [-0.4, -0.2) is 12.6 Å². The molecule has 2 heteroatoms. The molecule has 0 aromatic heterocycles. The summed E-state index contributed by atoms with van der Waals surface area (Å²) in [5.41, 5.74) is 0.709. The van der Waals surface area contributed by atoms with Crippen LogP contribution in [-0.2, 0) is 9.53 Å². The molecule has 0 fully saturated rings. The first-order valence-electron chi connectivity index (χ1n) is 4.06. The molecule has 0 saturated heterocycles. The molecule has 11 heavy (non-hydrogen) atoms. The van der Waals surface area contributed by atoms with Crippen LogP contribution in [0.15, 0.2) is 11.6 Å². The summed E-state index contributed by atoms with van der Waals surface area (Å²) >= 11 is 0. The second-order valence-electron chi connectivity index (χ2n) is 2.43. The average Bonchev–Trinajstić information content (AvgIpc) is 2.00. The average molecular weight is 156 g/mol. The van der Waals surface area contributed by atoms with Gasteiger partial charge < -0.3 is 4.74 Å². The summed E-state index contributed by atoms with van der Waals surface area (Å²) in [4.78, 5) is 11.0. The summed E-state index contributed by atoms with van der Waals surface area (Å²) in [5, 5.41) is 0. The lowest BCUT2D eigenvalue weighted by Gasteiger charge is -2.01. The summed E-state index contributed by atoms with van der Waals surface area (Å²) in [6.07, 6.45) is 3.64. The van der Waals surface area contributed by atoms with Gasteiger partial charge in [-0.1, -0.05) is 19.9 Å². The minimum atomic E-state index is -0.186. The van der Waals surface area contributed by atoms with Gasteiger partial charge in [-0.15, -0.1) is 0 Å². The molecule has 0 atom stereocenters. The Balaban J connectivity index is 3.73. The van der Waals surface area contributed by atoms with Gasteiger partial charge in [-0.05, 0) is 19.8 Å². The highest BCUT2D eigenvalue weighted by Crippen LogP contribution is 1.98. The molecule has 0 saturated carbocycles. The molecule has 2 nitrogen and oxygen atoms in total. The fourth-order valence-corrected chi connectivity index (χ4v) is 0.698. The van der Waals surface area contributed by atoms with E-state index < -0.39 is 0 Å². The van der Waals surface area contributed by atoms with Crippen molar-refractivity contribution in [3.8, 4) is 0 Å². The van der Waals surface area contributed by atoms with Crippen molar-refractivity contribution >= 4 is 5.97 Å². The van der Waals surface area contributed by atoms with Gasteiger partial charge in [0, 0.05) is 5.57 Å². The maximum Gasteiger partial charge on any atom is 0.333 e. The molecule has 0 rings (SSSR count). The molecule has 0 aromatic carbocycles. The second kappa shape index (κ2) is 5.96. The molecule has 0 aliphatic carbocycles. The Kier molecular flexibility index (Phi) is 5.53. The zero-order chi connectivity index (χ0) is 8.69. The lowest BCUT2D eigenvalue weighted by molar-refractivity contribution is -0.138. The van der Waals surface area contributed by atoms with E-state index in [0.717, 1.165) is 12.8 Å². The van der Waals surface area contributed by atoms with Gasteiger partial charge in [0.05, 0.1) is 6.61 Å². The van der Waals surface area contributed by atoms with Crippen LogP contribution in [0.3, 0.4) is 0 Å². The van der Waals surface area contributed by atoms with Crippen molar-refractivity contribution in [1.82, 2.24) is 0 Å². The van der Waals surface area contributed by atoms with Crippen molar-refractivity contribution in [2.75, 3.05) is 6.61 Å². The molecular weight excluding hydrogens is 140 g/mol. The Morgan fingerprint density at radius 1 is 1.45 bits per heavy atom. The highest BCUT2D eigenvalue weighted by atomic mass is 16.5. The molecule has 0 spiro atoms. The summed E-state index contributed by atoms with van der Waals surface area (Å²) in [6, 6.07) is 0. The van der Waals surface area contributed by atoms with Gasteiger partial charge in [-0.2, -0.15) is 0 Å². The van der Waals surface area contributed by atoms with Crippen LogP contribution < -0.4 is 0 Å². The van der Waals surface area contributed by atoms with E-state index in [1.807, 2.05) is 19.9 Å². The van der Waals surface area contributed by atoms with Crippen LogP contribution in [0.2, 0.25) is 0 Å². The van der Waals surface area contributed by atoms with Gasteiger partial charge in [0.1, 0.15) is 0 Å². The lowest BCUT2D eigenvalue weighted by atomic mass is 10.2. The second-order valence-corrected chi connectivity index (χ2v) is 2.43. The van der Waals surface area contributed by atoms with Crippen LogP contribution in [0.25, 0.3) is 0 Å². The van der Waals surface area contributed by atoms with Gasteiger partial charge in [0.15, 0.2) is 0 Å². The van der Waals surface area contributed by atoms with Crippen molar-refractivity contribution in [2.45, 2.75) is 33.6 Å². The van der Waals surface area contributed by atoms with E-state index in [1.54, 1.807) is 6.92 Å². The first-order valence-corrected chi connectivity index (χ1v) is 4.06. The normalized spacial score (nSPS) is 11.4. The van der Waals surface area contributed by atoms with Gasteiger partial charge in [0.25, 0.3) is 0 Å². The van der Waals surface area contributed by atoms with Crippen molar-refractivity contribution in [3.05, 3.63) is 11.6 Å². The third-order valence-corrected chi connectivity index (χ3v) is 1.27. The fraction of sp³-hybridized carbons (Fsp3) is 0.667. The maximum atomic E-state index is 11.0. The number of hydrogen-bond acceptors (Lipinski definition) is 2. The highest BCUT2D eigenvalue weighted by Gasteiger charge is 2.02. The first kappa shape index (κ1) is 10.2. The van der Waals surface area contributed by atoms with Crippen LogP contribution in [0.4, 0.5) is 0 Å². The van der Waals surface area contributed by atoms with E-state index in [0.29, 0.717) is 12.2 Å². The van der Waals surface area contributed by atoms with Crippen LogP contribution in [0.1, 0.15) is 33.6 Å². The predicted octanol–water partition coefficient (Wildman–Crippen LogP) is 2.30. The topological polar surface area (TPSA) is 26.3 Å². The summed E-state index contributed by atoms with van der Waals surface area (Å²) in [7, 11) is 0. The zero-order valence-corrected chi connectivity index (χ0v) is 7.52. The van der Waals surface area contributed by atoms with E-state index >= 15 is 0 Å². The van der Waals surface area contributed by atoms with E-state index in [-0.39, 0.29) is 5.97 Å². The Bertz CT molecular complexity index is 148. The van der Waals surface area contributed by atoms with E-state index in [2.05, 4.69) is 0 Å². The fourth-order valence-electron chi connectivity index (χ4n) is 0.698. The van der Waals surface area contributed by atoms with Gasteiger partial charge >= 0.3 is 5.97 Å². The maximum absolute atomic E-state index is 11.0. The van der Waals surface area contributed by atoms with Crippen molar-refractivity contribution in [1.29, 1.82) is 0 Å². The van der Waals surface area contributed by atoms with Gasteiger partial charge in [0.2, 0.25) is 0 Å². The van der Waals surface area contributed by atoms with Crippen molar-refractivity contribution < 1.29 is 9.53 Å². The number of allylic oxidation sites excluding steroid dienone is 1. The SMILES string of the molecule is CC/C=C(\C)C(=O)OCCC. The predicted molar refractivity (Wildman–Crippen MR) is 45.3 cm³/mol. The minimum Gasteiger partial charge on any atom is -0.462 e. The summed E-state index contributed by atoms with van der Waals surface area (Å²) in [5.74, 6) is -0.186. The Hall–Kier alpha value is -0.790. The molecule has 0 amide bonds. The zero-order valence-electron chi connectivity index (χ0n) is 7.52. The molecule has 0 radical (unpaired) electrons. The quantitative estimate of drug-likeness (QED) is 0.461. The van der Waals surface area contributed by atoms with Crippen molar-refractivity contribution in [3.63, 3.8) is 0 Å². The molecule has 0 bridgehead atoms. The molecule has 0 aromatic rings. The molecule has 0 aliphatic heterocycles.